The van der Waals surface area contributed by atoms with Crippen LogP contribution in [0.5, 0.6) is 0 Å². The Balaban J connectivity index is 0.00000242. The summed E-state index contributed by atoms with van der Waals surface area (Å²) in [7, 11) is 1.82. The summed E-state index contributed by atoms with van der Waals surface area (Å²) in [6.07, 6.45) is 4.05. The predicted molar refractivity (Wildman–Crippen MR) is 105 cm³/mol. The maximum Gasteiger partial charge on any atom is 0.191 e. The Morgan fingerprint density at radius 1 is 1.23 bits per heavy atom. The molecule has 22 heavy (non-hydrogen) atoms. The molecule has 0 aromatic heterocycles. The lowest BCUT2D eigenvalue weighted by atomic mass is 10.0. The van der Waals surface area contributed by atoms with E-state index in [-0.39, 0.29) is 24.0 Å². The van der Waals surface area contributed by atoms with Gasteiger partial charge in [0.05, 0.1) is 0 Å². The van der Waals surface area contributed by atoms with Crippen molar-refractivity contribution < 1.29 is 0 Å². The van der Waals surface area contributed by atoms with E-state index < -0.39 is 0 Å². The summed E-state index contributed by atoms with van der Waals surface area (Å²) in [5.41, 5.74) is 1.27. The minimum Gasteiger partial charge on any atom is -0.355 e. The van der Waals surface area contributed by atoms with Gasteiger partial charge in [-0.3, -0.25) is 9.89 Å². The third kappa shape index (κ3) is 6.52. The molecular formula is C17H29IN4. The van der Waals surface area contributed by atoms with Crippen LogP contribution in [0.1, 0.15) is 31.7 Å². The maximum atomic E-state index is 4.28. The summed E-state index contributed by atoms with van der Waals surface area (Å²) in [5, 5.41) is 6.76. The van der Waals surface area contributed by atoms with Crippen molar-refractivity contribution in [3.8, 4) is 0 Å². The Labute approximate surface area is 151 Å². The second-order valence-corrected chi connectivity index (χ2v) is 5.72. The Morgan fingerprint density at radius 3 is 2.68 bits per heavy atom. The van der Waals surface area contributed by atoms with Crippen molar-refractivity contribution in [2.45, 2.75) is 38.8 Å². The van der Waals surface area contributed by atoms with Crippen molar-refractivity contribution in [2.75, 3.05) is 26.7 Å². The molecule has 1 aliphatic heterocycles. The van der Waals surface area contributed by atoms with Crippen LogP contribution in [0.3, 0.4) is 0 Å². The lowest BCUT2D eigenvalue weighted by Crippen LogP contribution is -2.45. The van der Waals surface area contributed by atoms with Crippen LogP contribution >= 0.6 is 24.0 Å². The van der Waals surface area contributed by atoms with Gasteiger partial charge in [0.1, 0.15) is 0 Å². The number of guanidine groups is 1. The normalized spacial score (nSPS) is 19.4. The zero-order valence-electron chi connectivity index (χ0n) is 13.7. The number of rotatable bonds is 5. The second-order valence-electron chi connectivity index (χ2n) is 5.72. The predicted octanol–water partition coefficient (Wildman–Crippen LogP) is 2.84. The fraction of sp³-hybridized carbons (Fsp3) is 0.588. The molecule has 0 saturated carbocycles. The third-order valence-corrected chi connectivity index (χ3v) is 4.16. The van der Waals surface area contributed by atoms with Crippen LogP contribution < -0.4 is 10.6 Å². The van der Waals surface area contributed by atoms with E-state index in [1.807, 2.05) is 13.1 Å². The van der Waals surface area contributed by atoms with Gasteiger partial charge in [-0.2, -0.15) is 0 Å². The van der Waals surface area contributed by atoms with Crippen molar-refractivity contribution in [2.24, 2.45) is 4.99 Å². The molecule has 1 atom stereocenters. The van der Waals surface area contributed by atoms with Crippen LogP contribution in [0.2, 0.25) is 0 Å². The first-order chi connectivity index (χ1) is 10.3. The first kappa shape index (κ1) is 19.2. The van der Waals surface area contributed by atoms with E-state index in [1.165, 1.54) is 31.4 Å². The lowest BCUT2D eigenvalue weighted by molar-refractivity contribution is 0.163. The molecular weight excluding hydrogens is 387 g/mol. The molecule has 2 rings (SSSR count). The van der Waals surface area contributed by atoms with E-state index in [0.717, 1.165) is 31.6 Å². The summed E-state index contributed by atoms with van der Waals surface area (Å²) in [5.74, 6) is 0.878. The van der Waals surface area contributed by atoms with Crippen LogP contribution in [-0.4, -0.2) is 43.6 Å². The Hall–Kier alpha value is -0.820. The summed E-state index contributed by atoms with van der Waals surface area (Å²) < 4.78 is 0. The van der Waals surface area contributed by atoms with Gasteiger partial charge in [-0.25, -0.2) is 0 Å². The lowest BCUT2D eigenvalue weighted by Gasteiger charge is -2.33. The Kier molecular flexibility index (Phi) is 9.47. The average Bonchev–Trinajstić information content (AvgIpc) is 2.53. The molecule has 0 bridgehead atoms. The van der Waals surface area contributed by atoms with Gasteiger partial charge in [0.25, 0.3) is 0 Å². The molecule has 1 aliphatic rings. The zero-order chi connectivity index (χ0) is 14.9. The van der Waals surface area contributed by atoms with Crippen molar-refractivity contribution in [1.82, 2.24) is 15.5 Å². The molecule has 0 aliphatic carbocycles. The highest BCUT2D eigenvalue weighted by Gasteiger charge is 2.17. The monoisotopic (exact) mass is 416 g/mol. The SMILES string of the molecule is CN=C(NCCN1CCCCC1C)NCc1ccccc1.I. The Bertz CT molecular complexity index is 436. The summed E-state index contributed by atoms with van der Waals surface area (Å²) in [6, 6.07) is 11.1. The van der Waals surface area contributed by atoms with Crippen LogP contribution in [0.25, 0.3) is 0 Å². The molecule has 4 nitrogen and oxygen atoms in total. The molecule has 1 fully saturated rings. The van der Waals surface area contributed by atoms with Gasteiger partial charge in [0, 0.05) is 32.7 Å². The van der Waals surface area contributed by atoms with Gasteiger partial charge in [-0.1, -0.05) is 36.8 Å². The molecule has 2 N–H and O–H groups in total. The largest absolute Gasteiger partial charge is 0.355 e. The molecule has 0 spiro atoms. The molecule has 5 heteroatoms. The number of likely N-dealkylation sites (tertiary alicyclic amines) is 1. The van der Waals surface area contributed by atoms with Gasteiger partial charge < -0.3 is 10.6 Å². The first-order valence-corrected chi connectivity index (χ1v) is 8.02. The number of hydrogen-bond donors (Lipinski definition) is 2. The van der Waals surface area contributed by atoms with Gasteiger partial charge in [-0.15, -0.1) is 24.0 Å². The van der Waals surface area contributed by atoms with Crippen molar-refractivity contribution in [3.63, 3.8) is 0 Å². The number of piperidine rings is 1. The average molecular weight is 416 g/mol. The van der Waals surface area contributed by atoms with E-state index in [1.54, 1.807) is 0 Å². The minimum absolute atomic E-state index is 0. The van der Waals surface area contributed by atoms with E-state index in [4.69, 9.17) is 0 Å². The van der Waals surface area contributed by atoms with Crippen molar-refractivity contribution >= 4 is 29.9 Å². The molecule has 1 aromatic rings. The minimum atomic E-state index is 0. The van der Waals surface area contributed by atoms with Gasteiger partial charge in [-0.05, 0) is 31.9 Å². The molecule has 1 unspecified atom stereocenters. The summed E-state index contributed by atoms with van der Waals surface area (Å²) in [6.45, 7) is 6.41. The maximum absolute atomic E-state index is 4.28. The number of benzene rings is 1. The van der Waals surface area contributed by atoms with Gasteiger partial charge in [0.2, 0.25) is 0 Å². The molecule has 0 radical (unpaired) electrons. The second kappa shape index (κ2) is 10.8. The molecule has 1 saturated heterocycles. The third-order valence-electron chi connectivity index (χ3n) is 4.16. The molecule has 0 amide bonds. The van der Waals surface area contributed by atoms with Gasteiger partial charge in [0.15, 0.2) is 5.96 Å². The topological polar surface area (TPSA) is 39.7 Å². The first-order valence-electron chi connectivity index (χ1n) is 8.02. The fourth-order valence-electron chi connectivity index (χ4n) is 2.81. The fourth-order valence-corrected chi connectivity index (χ4v) is 2.81. The summed E-state index contributed by atoms with van der Waals surface area (Å²) in [4.78, 5) is 6.85. The quantitative estimate of drug-likeness (QED) is 0.441. The van der Waals surface area contributed by atoms with Gasteiger partial charge >= 0.3 is 0 Å². The highest BCUT2D eigenvalue weighted by atomic mass is 127. The van der Waals surface area contributed by atoms with Crippen molar-refractivity contribution in [1.29, 1.82) is 0 Å². The number of halogens is 1. The van der Waals surface area contributed by atoms with E-state index in [0.29, 0.717) is 0 Å². The smallest absolute Gasteiger partial charge is 0.191 e. The highest BCUT2D eigenvalue weighted by molar-refractivity contribution is 14.0. The molecule has 1 heterocycles. The summed E-state index contributed by atoms with van der Waals surface area (Å²) >= 11 is 0. The van der Waals surface area contributed by atoms with E-state index in [2.05, 4.69) is 51.7 Å². The van der Waals surface area contributed by atoms with Crippen LogP contribution in [-0.2, 0) is 6.54 Å². The van der Waals surface area contributed by atoms with Crippen LogP contribution in [0.15, 0.2) is 35.3 Å². The Morgan fingerprint density at radius 2 is 2.00 bits per heavy atom. The highest BCUT2D eigenvalue weighted by Crippen LogP contribution is 2.15. The van der Waals surface area contributed by atoms with Crippen LogP contribution in [0.4, 0.5) is 0 Å². The number of hydrogen-bond acceptors (Lipinski definition) is 2. The van der Waals surface area contributed by atoms with E-state index >= 15 is 0 Å². The van der Waals surface area contributed by atoms with Crippen LogP contribution in [0, 0.1) is 0 Å². The molecule has 1 aromatic carbocycles. The standard InChI is InChI=1S/C17H28N4.HI/c1-15-8-6-7-12-21(15)13-11-19-17(18-2)20-14-16-9-4-3-5-10-16;/h3-5,9-10,15H,6-8,11-14H2,1-2H3,(H2,18,19,20);1H. The molecule has 124 valence electrons. The number of nitrogens with one attached hydrogen (secondary N) is 2. The zero-order valence-corrected chi connectivity index (χ0v) is 16.0. The van der Waals surface area contributed by atoms with Crippen molar-refractivity contribution in [3.05, 3.63) is 35.9 Å². The number of aliphatic imine (C=N–C) groups is 1. The van der Waals surface area contributed by atoms with E-state index in [9.17, 15) is 0 Å². The number of nitrogens with zero attached hydrogens (tertiary/aromatic N) is 2.